The van der Waals surface area contributed by atoms with Crippen LogP contribution in [0, 0.1) is 5.41 Å². The molecule has 0 aliphatic heterocycles. The molecule has 0 rings (SSSR count). The minimum atomic E-state index is 0. The van der Waals surface area contributed by atoms with E-state index in [4.69, 9.17) is 5.41 Å². The van der Waals surface area contributed by atoms with Crippen LogP contribution in [0.3, 0.4) is 0 Å². The van der Waals surface area contributed by atoms with E-state index in [-0.39, 0.29) is 12.4 Å². The largest absolute Gasteiger partial charge is 0.313 e. The highest BCUT2D eigenvalue weighted by atomic mass is 35.5. The molecule has 0 aromatic carbocycles. The first-order valence-electron chi connectivity index (χ1n) is 1.40. The quantitative estimate of drug-likeness (QED) is 0.475. The summed E-state index contributed by atoms with van der Waals surface area (Å²) in [5.74, 6) is 0. The third kappa shape index (κ3) is 16.5. The maximum Gasteiger partial charge on any atom is -0.00505 e. The Bertz CT molecular complexity index is 20.9. The summed E-state index contributed by atoms with van der Waals surface area (Å²) in [5.41, 5.74) is 0. The average Bonchev–Trinajstić information content (AvgIpc) is 1.37. The molecule has 1 N–H and O–H groups in total. The Labute approximate surface area is 38.3 Å². The summed E-state index contributed by atoms with van der Waals surface area (Å²) in [6.45, 7) is 1.94. The first-order valence-corrected chi connectivity index (χ1v) is 1.40. The monoisotopic (exact) mass is 93.0 g/mol. The molecule has 0 saturated carbocycles. The van der Waals surface area contributed by atoms with Crippen molar-refractivity contribution in [3.8, 4) is 0 Å². The lowest BCUT2D eigenvalue weighted by atomic mass is 10.6. The molecule has 32 valence electrons. The zero-order chi connectivity index (χ0) is 3.41. The summed E-state index contributed by atoms with van der Waals surface area (Å²) in [6.07, 6.45) is 2.24. The van der Waals surface area contributed by atoms with E-state index in [0.717, 1.165) is 6.42 Å². The molecule has 0 atom stereocenters. The third-order valence-corrected chi connectivity index (χ3v) is 0.204. The van der Waals surface area contributed by atoms with Crippen LogP contribution in [-0.2, 0) is 0 Å². The number of nitrogens with one attached hydrogen (secondary N) is 1. The van der Waals surface area contributed by atoms with E-state index in [1.807, 2.05) is 6.92 Å². The average molecular weight is 93.6 g/mol. The Morgan fingerprint density at radius 3 is 2.00 bits per heavy atom. The summed E-state index contributed by atoms with van der Waals surface area (Å²) < 4.78 is 0. The summed E-state index contributed by atoms with van der Waals surface area (Å²) in [7, 11) is 0. The first kappa shape index (κ1) is 8.88. The molecule has 0 unspecified atom stereocenters. The van der Waals surface area contributed by atoms with Crippen LogP contribution in [0.2, 0.25) is 0 Å². The van der Waals surface area contributed by atoms with Crippen molar-refractivity contribution in [3.05, 3.63) is 0 Å². The van der Waals surface area contributed by atoms with Crippen molar-refractivity contribution in [2.75, 3.05) is 0 Å². The second kappa shape index (κ2) is 9.03. The molecule has 0 aliphatic carbocycles. The summed E-state index contributed by atoms with van der Waals surface area (Å²) in [4.78, 5) is 0. The standard InChI is InChI=1S/C3H7N.ClH/c1-2-3-4;/h3-4H,2H2,1H3;1H. The molecule has 1 nitrogen and oxygen atoms in total. The molecular weight excluding hydrogens is 85.5 g/mol. The summed E-state index contributed by atoms with van der Waals surface area (Å²) >= 11 is 0. The highest BCUT2D eigenvalue weighted by Gasteiger charge is 1.47. The van der Waals surface area contributed by atoms with Crippen molar-refractivity contribution < 1.29 is 0 Å². The smallest absolute Gasteiger partial charge is 0.00505 e. The molecule has 0 aliphatic rings. The van der Waals surface area contributed by atoms with Crippen LogP contribution >= 0.6 is 12.4 Å². The predicted octanol–water partition coefficient (Wildman–Crippen LogP) is 1.47. The van der Waals surface area contributed by atoms with Crippen LogP contribution in [0.1, 0.15) is 13.3 Å². The van der Waals surface area contributed by atoms with Gasteiger partial charge in [0.25, 0.3) is 0 Å². The lowest BCUT2D eigenvalue weighted by Crippen LogP contribution is -1.52. The Morgan fingerprint density at radius 2 is 2.00 bits per heavy atom. The van der Waals surface area contributed by atoms with Gasteiger partial charge in [0.1, 0.15) is 0 Å². The number of hydrogen-bond acceptors (Lipinski definition) is 1. The van der Waals surface area contributed by atoms with Crippen molar-refractivity contribution in [3.63, 3.8) is 0 Å². The molecule has 0 aromatic rings. The third-order valence-electron chi connectivity index (χ3n) is 0.204. The van der Waals surface area contributed by atoms with E-state index in [1.165, 1.54) is 6.21 Å². The van der Waals surface area contributed by atoms with Gasteiger partial charge >= 0.3 is 0 Å². The van der Waals surface area contributed by atoms with Crippen molar-refractivity contribution in [1.29, 1.82) is 5.41 Å². The Morgan fingerprint density at radius 1 is 1.80 bits per heavy atom. The van der Waals surface area contributed by atoms with Crippen molar-refractivity contribution in [1.82, 2.24) is 0 Å². The number of halogens is 1. The number of hydrogen-bond donors (Lipinski definition) is 1. The molecule has 0 amide bonds. The van der Waals surface area contributed by atoms with E-state index >= 15 is 0 Å². The second-order valence-electron chi connectivity index (χ2n) is 0.612. The first-order chi connectivity index (χ1) is 1.91. The Kier molecular flexibility index (Phi) is 16.0. The molecule has 0 aromatic heterocycles. The van der Waals surface area contributed by atoms with Crippen LogP contribution in [0.4, 0.5) is 0 Å². The van der Waals surface area contributed by atoms with E-state index in [1.54, 1.807) is 0 Å². The van der Waals surface area contributed by atoms with Gasteiger partial charge in [-0.05, 0) is 12.6 Å². The molecule has 0 radical (unpaired) electrons. The van der Waals surface area contributed by atoms with Gasteiger partial charge in [-0.1, -0.05) is 6.92 Å². The molecule has 0 saturated heterocycles. The summed E-state index contributed by atoms with van der Waals surface area (Å²) in [6, 6.07) is 0. The lowest BCUT2D eigenvalue weighted by molar-refractivity contribution is 1.30. The van der Waals surface area contributed by atoms with Gasteiger partial charge in [0, 0.05) is 0 Å². The SMILES string of the molecule is CCC=N.Cl. The normalized spacial score (nSPS) is 5.00. The molecular formula is C3H8ClN. The van der Waals surface area contributed by atoms with Gasteiger partial charge in [-0.3, -0.25) is 0 Å². The zero-order valence-corrected chi connectivity index (χ0v) is 4.01. The molecule has 2 heteroatoms. The molecule has 0 bridgehead atoms. The van der Waals surface area contributed by atoms with Crippen molar-refractivity contribution >= 4 is 18.6 Å². The van der Waals surface area contributed by atoms with E-state index in [2.05, 4.69) is 0 Å². The van der Waals surface area contributed by atoms with Crippen LogP contribution in [0.15, 0.2) is 0 Å². The summed E-state index contributed by atoms with van der Waals surface area (Å²) in [5, 5.41) is 6.33. The topological polar surface area (TPSA) is 23.9 Å². The Balaban J connectivity index is 0. The van der Waals surface area contributed by atoms with E-state index in [9.17, 15) is 0 Å². The van der Waals surface area contributed by atoms with Gasteiger partial charge < -0.3 is 5.41 Å². The van der Waals surface area contributed by atoms with Crippen LogP contribution in [-0.4, -0.2) is 6.21 Å². The van der Waals surface area contributed by atoms with E-state index in [0.29, 0.717) is 0 Å². The van der Waals surface area contributed by atoms with Crippen molar-refractivity contribution in [2.24, 2.45) is 0 Å². The fourth-order valence-corrected chi connectivity index (χ4v) is 0. The van der Waals surface area contributed by atoms with Crippen LogP contribution < -0.4 is 0 Å². The Hall–Kier alpha value is -0.0400. The molecule has 0 heterocycles. The van der Waals surface area contributed by atoms with Gasteiger partial charge in [0.15, 0.2) is 0 Å². The van der Waals surface area contributed by atoms with Crippen molar-refractivity contribution in [2.45, 2.75) is 13.3 Å². The van der Waals surface area contributed by atoms with Gasteiger partial charge in [0.2, 0.25) is 0 Å². The predicted molar refractivity (Wildman–Crippen MR) is 26.3 cm³/mol. The maximum atomic E-state index is 6.33. The fraction of sp³-hybridized carbons (Fsp3) is 0.667. The minimum absolute atomic E-state index is 0. The van der Waals surface area contributed by atoms with Crippen LogP contribution in [0.25, 0.3) is 0 Å². The van der Waals surface area contributed by atoms with Gasteiger partial charge in [-0.25, -0.2) is 0 Å². The molecule has 5 heavy (non-hydrogen) atoms. The van der Waals surface area contributed by atoms with Gasteiger partial charge in [-0.2, -0.15) is 0 Å². The van der Waals surface area contributed by atoms with Gasteiger partial charge in [0.05, 0.1) is 0 Å². The molecule has 0 spiro atoms. The minimum Gasteiger partial charge on any atom is -0.313 e. The number of rotatable bonds is 1. The lowest BCUT2D eigenvalue weighted by Gasteiger charge is -1.56. The molecule has 0 fully saturated rings. The van der Waals surface area contributed by atoms with Crippen LogP contribution in [0.5, 0.6) is 0 Å². The maximum absolute atomic E-state index is 6.33. The highest BCUT2D eigenvalue weighted by Crippen LogP contribution is 1.54. The zero-order valence-electron chi connectivity index (χ0n) is 3.19. The van der Waals surface area contributed by atoms with Gasteiger partial charge in [-0.15, -0.1) is 12.4 Å². The van der Waals surface area contributed by atoms with E-state index < -0.39 is 0 Å². The fourth-order valence-electron chi connectivity index (χ4n) is 0. The highest BCUT2D eigenvalue weighted by molar-refractivity contribution is 5.85. The second-order valence-corrected chi connectivity index (χ2v) is 0.612.